The van der Waals surface area contributed by atoms with Crippen LogP contribution in [0.2, 0.25) is 0 Å². The molecule has 0 N–H and O–H groups in total. The second kappa shape index (κ2) is 4.45. The van der Waals surface area contributed by atoms with Crippen LogP contribution in [0.1, 0.15) is 20.3 Å². The molecule has 0 heterocycles. The Bertz CT molecular complexity index is 107. The van der Waals surface area contributed by atoms with Gasteiger partial charge in [-0.3, -0.25) is 0 Å². The van der Waals surface area contributed by atoms with E-state index in [1.165, 1.54) is 0 Å². The normalized spacial score (nSPS) is 10.7. The van der Waals surface area contributed by atoms with Crippen molar-refractivity contribution >= 4 is 14.0 Å². The maximum absolute atomic E-state index is 10.5. The standard InChI is InChI=1S/C5H10O3P/c1-3-5(6)8-9(7)4-2/h3-4H2,1-2H3/q+1. The Balaban J connectivity index is 3.47. The van der Waals surface area contributed by atoms with Crippen LogP contribution >= 0.6 is 8.03 Å². The summed E-state index contributed by atoms with van der Waals surface area (Å²) in [6, 6.07) is 0. The second-order valence-electron chi connectivity index (χ2n) is 1.47. The van der Waals surface area contributed by atoms with E-state index in [2.05, 4.69) is 4.52 Å². The van der Waals surface area contributed by atoms with E-state index in [4.69, 9.17) is 0 Å². The van der Waals surface area contributed by atoms with E-state index in [0.29, 0.717) is 12.6 Å². The van der Waals surface area contributed by atoms with Gasteiger partial charge in [0.25, 0.3) is 0 Å². The molecule has 0 rings (SSSR count). The summed E-state index contributed by atoms with van der Waals surface area (Å²) in [5.41, 5.74) is 0. The van der Waals surface area contributed by atoms with E-state index in [0.717, 1.165) is 0 Å². The fourth-order valence-electron chi connectivity index (χ4n) is 0.243. The van der Waals surface area contributed by atoms with Crippen molar-refractivity contribution in [3.05, 3.63) is 0 Å². The molecule has 0 spiro atoms. The van der Waals surface area contributed by atoms with Crippen molar-refractivity contribution in [3.63, 3.8) is 0 Å². The van der Waals surface area contributed by atoms with Crippen molar-refractivity contribution < 1.29 is 13.9 Å². The molecule has 0 radical (unpaired) electrons. The lowest BCUT2D eigenvalue weighted by molar-refractivity contribution is -0.133. The molecule has 0 aromatic heterocycles. The summed E-state index contributed by atoms with van der Waals surface area (Å²) < 4.78 is 14.9. The van der Waals surface area contributed by atoms with Gasteiger partial charge < -0.3 is 0 Å². The largest absolute Gasteiger partial charge is 0.558 e. The SMILES string of the molecule is CCC(=O)O[P+](=O)CC. The highest BCUT2D eigenvalue weighted by atomic mass is 31.1. The summed E-state index contributed by atoms with van der Waals surface area (Å²) >= 11 is 0. The minimum atomic E-state index is -1.72. The van der Waals surface area contributed by atoms with Crippen LogP contribution in [0.5, 0.6) is 0 Å². The fraction of sp³-hybridized carbons (Fsp3) is 0.800. The lowest BCUT2D eigenvalue weighted by Gasteiger charge is -1.82. The first kappa shape index (κ1) is 8.57. The Morgan fingerprint density at radius 3 is 2.44 bits per heavy atom. The zero-order chi connectivity index (χ0) is 7.28. The Morgan fingerprint density at radius 2 is 2.11 bits per heavy atom. The van der Waals surface area contributed by atoms with Crippen molar-refractivity contribution in [2.24, 2.45) is 0 Å². The minimum Gasteiger partial charge on any atom is -0.247 e. The van der Waals surface area contributed by atoms with Crippen LogP contribution in [0, 0.1) is 0 Å². The van der Waals surface area contributed by atoms with Gasteiger partial charge in [0.05, 0.1) is 0 Å². The van der Waals surface area contributed by atoms with Gasteiger partial charge in [0.1, 0.15) is 0 Å². The molecule has 1 unspecified atom stereocenters. The summed E-state index contributed by atoms with van der Waals surface area (Å²) in [6.45, 7) is 3.38. The van der Waals surface area contributed by atoms with E-state index in [-0.39, 0.29) is 0 Å². The van der Waals surface area contributed by atoms with Crippen LogP contribution < -0.4 is 0 Å². The maximum atomic E-state index is 10.5. The molecule has 9 heavy (non-hydrogen) atoms. The van der Waals surface area contributed by atoms with Crippen LogP contribution in [0.4, 0.5) is 0 Å². The van der Waals surface area contributed by atoms with E-state index in [9.17, 15) is 9.36 Å². The molecule has 4 heteroatoms. The molecule has 0 aromatic carbocycles. The van der Waals surface area contributed by atoms with Gasteiger partial charge in [0.15, 0.2) is 6.16 Å². The molecular weight excluding hydrogens is 139 g/mol. The third-order valence-corrected chi connectivity index (χ3v) is 1.67. The number of hydrogen-bond donors (Lipinski definition) is 0. The van der Waals surface area contributed by atoms with E-state index in [1.807, 2.05) is 0 Å². The summed E-state index contributed by atoms with van der Waals surface area (Å²) in [5.74, 6) is -0.391. The molecule has 0 aromatic rings. The summed E-state index contributed by atoms with van der Waals surface area (Å²) in [6.07, 6.45) is 0.697. The quantitative estimate of drug-likeness (QED) is 0.573. The van der Waals surface area contributed by atoms with Crippen molar-refractivity contribution in [3.8, 4) is 0 Å². The molecule has 0 aliphatic rings. The highest BCUT2D eigenvalue weighted by molar-refractivity contribution is 7.39. The smallest absolute Gasteiger partial charge is 0.247 e. The highest BCUT2D eigenvalue weighted by Gasteiger charge is 2.17. The average molecular weight is 149 g/mol. The van der Waals surface area contributed by atoms with Crippen molar-refractivity contribution in [2.75, 3.05) is 6.16 Å². The topological polar surface area (TPSA) is 43.4 Å². The molecule has 1 atom stereocenters. The predicted octanol–water partition coefficient (Wildman–Crippen LogP) is 1.70. The zero-order valence-corrected chi connectivity index (χ0v) is 6.48. The zero-order valence-electron chi connectivity index (χ0n) is 5.59. The maximum Gasteiger partial charge on any atom is 0.558 e. The molecule has 0 saturated carbocycles. The van der Waals surface area contributed by atoms with Gasteiger partial charge >= 0.3 is 14.0 Å². The van der Waals surface area contributed by atoms with Crippen LogP contribution in [0.3, 0.4) is 0 Å². The lowest BCUT2D eigenvalue weighted by Crippen LogP contribution is -1.94. The van der Waals surface area contributed by atoms with E-state index < -0.39 is 14.0 Å². The van der Waals surface area contributed by atoms with Gasteiger partial charge in [-0.05, 0) is 11.5 Å². The van der Waals surface area contributed by atoms with Crippen LogP contribution in [0.15, 0.2) is 0 Å². The molecule has 0 aliphatic heterocycles. The molecule has 52 valence electrons. The predicted molar refractivity (Wildman–Crippen MR) is 34.5 cm³/mol. The Labute approximate surface area is 55.3 Å². The number of carbonyl (C=O) groups excluding carboxylic acids is 1. The number of hydrogen-bond acceptors (Lipinski definition) is 3. The van der Waals surface area contributed by atoms with Gasteiger partial charge in [-0.25, -0.2) is 9.32 Å². The van der Waals surface area contributed by atoms with Gasteiger partial charge in [-0.15, -0.1) is 0 Å². The van der Waals surface area contributed by atoms with E-state index in [1.54, 1.807) is 13.8 Å². The van der Waals surface area contributed by atoms with Gasteiger partial charge in [-0.1, -0.05) is 6.92 Å². The van der Waals surface area contributed by atoms with E-state index >= 15 is 0 Å². The lowest BCUT2D eigenvalue weighted by atomic mass is 10.5. The summed E-state index contributed by atoms with van der Waals surface area (Å²) in [5, 5.41) is 0. The molecule has 0 amide bonds. The van der Waals surface area contributed by atoms with Crippen molar-refractivity contribution in [1.29, 1.82) is 0 Å². The highest BCUT2D eigenvalue weighted by Crippen LogP contribution is 2.20. The number of rotatable bonds is 3. The average Bonchev–Trinajstić information content (AvgIpc) is 1.87. The minimum absolute atomic E-state index is 0.293. The molecule has 3 nitrogen and oxygen atoms in total. The summed E-state index contributed by atoms with van der Waals surface area (Å²) in [4.78, 5) is 10.4. The molecule has 0 aliphatic carbocycles. The first-order valence-electron chi connectivity index (χ1n) is 2.86. The first-order valence-corrected chi connectivity index (χ1v) is 4.22. The van der Waals surface area contributed by atoms with Crippen LogP contribution in [-0.4, -0.2) is 12.1 Å². The molecular formula is C5H10O3P+. The van der Waals surface area contributed by atoms with Gasteiger partial charge in [0, 0.05) is 6.42 Å². The summed E-state index contributed by atoms with van der Waals surface area (Å²) in [7, 11) is -1.72. The molecule has 0 bridgehead atoms. The Kier molecular flexibility index (Phi) is 4.24. The fourth-order valence-corrected chi connectivity index (χ4v) is 0.728. The Morgan fingerprint density at radius 1 is 1.56 bits per heavy atom. The van der Waals surface area contributed by atoms with Crippen LogP contribution in [-0.2, 0) is 13.9 Å². The third-order valence-electron chi connectivity index (χ3n) is 0.751. The van der Waals surface area contributed by atoms with Gasteiger partial charge in [0.2, 0.25) is 0 Å². The monoisotopic (exact) mass is 149 g/mol. The van der Waals surface area contributed by atoms with Crippen molar-refractivity contribution in [1.82, 2.24) is 0 Å². The molecule has 0 fully saturated rings. The second-order valence-corrected chi connectivity index (χ2v) is 2.95. The van der Waals surface area contributed by atoms with Crippen LogP contribution in [0.25, 0.3) is 0 Å². The first-order chi connectivity index (χ1) is 4.20. The number of carbonyl (C=O) groups is 1. The van der Waals surface area contributed by atoms with Crippen molar-refractivity contribution in [2.45, 2.75) is 20.3 Å². The third kappa shape index (κ3) is 4.10. The van der Waals surface area contributed by atoms with Gasteiger partial charge in [-0.2, -0.15) is 0 Å². The molecule has 0 saturated heterocycles. The Hall–Kier alpha value is -0.430.